The highest BCUT2D eigenvalue weighted by atomic mass is 79.9. The van der Waals surface area contributed by atoms with Crippen LogP contribution in [0.1, 0.15) is 5.56 Å². The van der Waals surface area contributed by atoms with E-state index in [9.17, 15) is 22.8 Å². The van der Waals surface area contributed by atoms with E-state index >= 15 is 0 Å². The van der Waals surface area contributed by atoms with Crippen molar-refractivity contribution in [3.8, 4) is 0 Å². The van der Waals surface area contributed by atoms with E-state index in [1.54, 1.807) is 0 Å². The Kier molecular flexibility index (Phi) is 5.88. The molecule has 0 unspecified atom stereocenters. The van der Waals surface area contributed by atoms with Crippen molar-refractivity contribution >= 4 is 46.3 Å². The number of carbonyl (C=O) groups is 2. The van der Waals surface area contributed by atoms with E-state index in [1.807, 2.05) is 0 Å². The number of carboxylic acid groups (broad SMARTS) is 1. The van der Waals surface area contributed by atoms with Crippen LogP contribution in [0.2, 0.25) is 0 Å². The molecule has 0 bridgehead atoms. The Morgan fingerprint density at radius 2 is 2.09 bits per heavy atom. The van der Waals surface area contributed by atoms with Crippen molar-refractivity contribution in [2.75, 3.05) is 17.2 Å². The molecule has 0 saturated heterocycles. The fraction of sp³-hybridized carbons (Fsp3) is 0.333. The van der Waals surface area contributed by atoms with Gasteiger partial charge in [-0.05, 0) is 18.2 Å². The summed E-state index contributed by atoms with van der Waals surface area (Å²) in [5.74, 6) is -1.86. The zero-order valence-electron chi connectivity index (χ0n) is 11.0. The summed E-state index contributed by atoms with van der Waals surface area (Å²) < 4.78 is 38.3. The zero-order valence-corrected chi connectivity index (χ0v) is 13.5. The molecule has 1 atom stereocenters. The van der Waals surface area contributed by atoms with E-state index in [1.165, 1.54) is 6.07 Å². The molecule has 0 fully saturated rings. The molecule has 0 radical (unpaired) electrons. The minimum atomic E-state index is -4.58. The van der Waals surface area contributed by atoms with Crippen molar-refractivity contribution in [1.82, 2.24) is 0 Å². The SMILES string of the molecule is Br.N[C@H]1CSc2ccc(C(F)(F)F)cc2N(CC(=O)O)C1=O. The fourth-order valence-corrected chi connectivity index (χ4v) is 2.88. The average molecular weight is 401 g/mol. The molecule has 0 aromatic heterocycles. The number of benzene rings is 1. The van der Waals surface area contributed by atoms with Crippen LogP contribution in [0.4, 0.5) is 18.9 Å². The Labute approximate surface area is 138 Å². The number of nitrogens with zero attached hydrogens (tertiary/aromatic N) is 1. The van der Waals surface area contributed by atoms with Crippen LogP contribution in [0, 0.1) is 0 Å². The van der Waals surface area contributed by atoms with Crippen LogP contribution in [-0.2, 0) is 15.8 Å². The first-order valence-electron chi connectivity index (χ1n) is 5.83. The highest BCUT2D eigenvalue weighted by Gasteiger charge is 2.35. The van der Waals surface area contributed by atoms with Gasteiger partial charge in [0.1, 0.15) is 6.54 Å². The van der Waals surface area contributed by atoms with Crippen molar-refractivity contribution in [2.45, 2.75) is 17.1 Å². The van der Waals surface area contributed by atoms with Crippen molar-refractivity contribution in [2.24, 2.45) is 5.73 Å². The molecule has 1 aromatic carbocycles. The Bertz CT molecular complexity index is 597. The molecule has 3 N–H and O–H groups in total. The number of amides is 1. The third-order valence-electron chi connectivity index (χ3n) is 2.87. The lowest BCUT2D eigenvalue weighted by molar-refractivity contribution is -0.137. The molecule has 122 valence electrons. The molecular weight excluding hydrogens is 389 g/mol. The number of anilines is 1. The number of thioether (sulfide) groups is 1. The van der Waals surface area contributed by atoms with Crippen LogP contribution in [0.3, 0.4) is 0 Å². The third-order valence-corrected chi connectivity index (χ3v) is 4.05. The van der Waals surface area contributed by atoms with E-state index in [4.69, 9.17) is 10.8 Å². The molecule has 10 heteroatoms. The smallest absolute Gasteiger partial charge is 0.416 e. The monoisotopic (exact) mass is 400 g/mol. The number of rotatable bonds is 2. The van der Waals surface area contributed by atoms with Gasteiger partial charge in [0.05, 0.1) is 17.3 Å². The number of hydrogen-bond acceptors (Lipinski definition) is 4. The minimum absolute atomic E-state index is 0. The van der Waals surface area contributed by atoms with Gasteiger partial charge in [0, 0.05) is 10.6 Å². The molecule has 1 aromatic rings. The van der Waals surface area contributed by atoms with Gasteiger partial charge in [0.25, 0.3) is 0 Å². The number of fused-ring (bicyclic) bond motifs is 1. The summed E-state index contributed by atoms with van der Waals surface area (Å²) >= 11 is 1.12. The van der Waals surface area contributed by atoms with Crippen LogP contribution in [0.15, 0.2) is 23.1 Å². The third kappa shape index (κ3) is 3.93. The van der Waals surface area contributed by atoms with Crippen LogP contribution in [0.25, 0.3) is 0 Å². The molecule has 1 amide bonds. The number of alkyl halides is 3. The van der Waals surface area contributed by atoms with Crippen LogP contribution < -0.4 is 10.6 Å². The maximum atomic E-state index is 12.8. The maximum absolute atomic E-state index is 12.8. The van der Waals surface area contributed by atoms with Gasteiger partial charge in [-0.1, -0.05) is 0 Å². The summed E-state index contributed by atoms with van der Waals surface area (Å²) in [5.41, 5.74) is 4.60. The van der Waals surface area contributed by atoms with Crippen molar-refractivity contribution in [3.05, 3.63) is 23.8 Å². The predicted octanol–water partition coefficient (Wildman–Crippen LogP) is 2.13. The second-order valence-corrected chi connectivity index (χ2v) is 5.48. The standard InChI is InChI=1S/C12H11F3N2O3S.BrH/c13-12(14,15)6-1-2-9-8(3-6)17(4-10(18)19)11(20)7(16)5-21-9;/h1-3,7H,4-5,16H2,(H,18,19);1H/t7-;/m0./s1. The van der Waals surface area contributed by atoms with Crippen LogP contribution in [0.5, 0.6) is 0 Å². The number of carbonyl (C=O) groups excluding carboxylic acids is 1. The second-order valence-electron chi connectivity index (χ2n) is 4.42. The molecular formula is C12H12BrF3N2O3S. The van der Waals surface area contributed by atoms with Crippen molar-refractivity contribution in [3.63, 3.8) is 0 Å². The van der Waals surface area contributed by atoms with Gasteiger partial charge in [-0.3, -0.25) is 14.5 Å². The second kappa shape index (κ2) is 6.88. The normalized spacial score (nSPS) is 18.3. The summed E-state index contributed by atoms with van der Waals surface area (Å²) in [6.07, 6.45) is -4.58. The van der Waals surface area contributed by atoms with Crippen molar-refractivity contribution < 1.29 is 27.9 Å². The molecule has 5 nitrogen and oxygen atoms in total. The summed E-state index contributed by atoms with van der Waals surface area (Å²) in [6.45, 7) is -0.735. The van der Waals surface area contributed by atoms with Crippen LogP contribution in [-0.4, -0.2) is 35.3 Å². The molecule has 1 aliphatic rings. The van der Waals surface area contributed by atoms with Gasteiger partial charge < -0.3 is 10.8 Å². The number of hydrogen-bond donors (Lipinski definition) is 2. The van der Waals surface area contributed by atoms with Crippen molar-refractivity contribution in [1.29, 1.82) is 0 Å². The van der Waals surface area contributed by atoms with Crippen LogP contribution >= 0.6 is 28.7 Å². The Balaban J connectivity index is 0.00000242. The molecule has 2 rings (SSSR count). The van der Waals surface area contributed by atoms with Gasteiger partial charge in [0.15, 0.2) is 0 Å². The molecule has 0 spiro atoms. The Hall–Kier alpha value is -1.26. The first-order chi connectivity index (χ1) is 9.70. The Morgan fingerprint density at radius 1 is 1.45 bits per heavy atom. The molecule has 22 heavy (non-hydrogen) atoms. The molecule has 0 aliphatic carbocycles. The minimum Gasteiger partial charge on any atom is -0.480 e. The predicted molar refractivity (Wildman–Crippen MR) is 80.5 cm³/mol. The number of aliphatic carboxylic acids is 1. The molecule has 1 heterocycles. The van der Waals surface area contributed by atoms with E-state index in [0.717, 1.165) is 28.8 Å². The van der Waals surface area contributed by atoms with Gasteiger partial charge in [0.2, 0.25) is 5.91 Å². The lowest BCUT2D eigenvalue weighted by Gasteiger charge is -2.23. The number of carboxylic acids is 1. The quantitative estimate of drug-likeness (QED) is 0.794. The first-order valence-corrected chi connectivity index (χ1v) is 6.81. The highest BCUT2D eigenvalue weighted by Crippen LogP contribution is 2.39. The zero-order chi connectivity index (χ0) is 15.8. The van der Waals surface area contributed by atoms with E-state index in [2.05, 4.69) is 0 Å². The van der Waals surface area contributed by atoms with Gasteiger partial charge in [-0.2, -0.15) is 13.2 Å². The maximum Gasteiger partial charge on any atom is 0.416 e. The summed E-state index contributed by atoms with van der Waals surface area (Å²) in [4.78, 5) is 24.1. The molecule has 1 aliphatic heterocycles. The lowest BCUT2D eigenvalue weighted by atomic mass is 10.1. The average Bonchev–Trinajstić information content (AvgIpc) is 2.49. The largest absolute Gasteiger partial charge is 0.480 e. The summed E-state index contributed by atoms with van der Waals surface area (Å²) in [6, 6.07) is 1.94. The first kappa shape index (κ1) is 18.8. The van der Waals surface area contributed by atoms with E-state index in [-0.39, 0.29) is 28.4 Å². The Morgan fingerprint density at radius 3 is 2.64 bits per heavy atom. The fourth-order valence-electron chi connectivity index (χ4n) is 1.89. The topological polar surface area (TPSA) is 83.6 Å². The van der Waals surface area contributed by atoms with Gasteiger partial charge >= 0.3 is 12.1 Å². The van der Waals surface area contributed by atoms with E-state index in [0.29, 0.717) is 4.90 Å². The lowest BCUT2D eigenvalue weighted by Crippen LogP contribution is -2.46. The molecule has 0 saturated carbocycles. The number of halogens is 4. The van der Waals surface area contributed by atoms with Gasteiger partial charge in [-0.25, -0.2) is 0 Å². The highest BCUT2D eigenvalue weighted by molar-refractivity contribution is 8.93. The van der Waals surface area contributed by atoms with E-state index < -0.39 is 36.2 Å². The number of nitrogens with two attached hydrogens (primary N) is 1. The summed E-state index contributed by atoms with van der Waals surface area (Å²) in [5, 5.41) is 8.85. The van der Waals surface area contributed by atoms with Gasteiger partial charge in [-0.15, -0.1) is 28.7 Å². The summed E-state index contributed by atoms with van der Waals surface area (Å²) in [7, 11) is 0.